The van der Waals surface area contributed by atoms with Crippen LogP contribution in [0.2, 0.25) is 5.02 Å². The van der Waals surface area contributed by atoms with Gasteiger partial charge in [-0.3, -0.25) is 14.9 Å². The number of rotatable bonds is 3. The predicted molar refractivity (Wildman–Crippen MR) is 76.1 cm³/mol. The maximum Gasteiger partial charge on any atom is 0.426 e. The lowest BCUT2D eigenvalue weighted by Crippen LogP contribution is -2.52. The molecule has 6 nitrogen and oxygen atoms in total. The molecule has 116 valence electrons. The molecule has 0 aliphatic rings. The molecule has 1 aromatic carbocycles. The first-order chi connectivity index (χ1) is 9.39. The Bertz CT molecular complexity index is 607. The summed E-state index contributed by atoms with van der Waals surface area (Å²) >= 11 is 7.31. The standard InChI is InChI=1S/C10H7ClF3IN2O4/c1-9(19,10(12,13)14)8(18)16-5-3-2-4(15)7(6(5)11)17(20)21/h2-3,19H,1H3,(H,16,18). The largest absolute Gasteiger partial charge is 0.426 e. The Kier molecular flexibility index (Phi) is 5.05. The van der Waals surface area contributed by atoms with Gasteiger partial charge in [-0.1, -0.05) is 11.6 Å². The van der Waals surface area contributed by atoms with Gasteiger partial charge in [0.1, 0.15) is 5.02 Å². The fourth-order valence-corrected chi connectivity index (χ4v) is 2.26. The van der Waals surface area contributed by atoms with Gasteiger partial charge >= 0.3 is 11.9 Å². The molecule has 0 spiro atoms. The Morgan fingerprint density at radius 1 is 1.48 bits per heavy atom. The van der Waals surface area contributed by atoms with Crippen molar-refractivity contribution >= 4 is 51.5 Å². The Hall–Kier alpha value is -1.14. The Morgan fingerprint density at radius 3 is 2.43 bits per heavy atom. The highest BCUT2D eigenvalue weighted by Gasteiger charge is 2.55. The summed E-state index contributed by atoms with van der Waals surface area (Å²) in [5.74, 6) is -1.80. The van der Waals surface area contributed by atoms with Crippen molar-refractivity contribution in [2.24, 2.45) is 0 Å². The number of amides is 1. The minimum Gasteiger partial charge on any atom is -0.373 e. The van der Waals surface area contributed by atoms with Crippen LogP contribution in [0.3, 0.4) is 0 Å². The van der Waals surface area contributed by atoms with E-state index >= 15 is 0 Å². The van der Waals surface area contributed by atoms with Gasteiger partial charge < -0.3 is 10.4 Å². The van der Waals surface area contributed by atoms with Crippen molar-refractivity contribution < 1.29 is 28.0 Å². The monoisotopic (exact) mass is 438 g/mol. The predicted octanol–water partition coefficient (Wildman–Crippen LogP) is 3.10. The summed E-state index contributed by atoms with van der Waals surface area (Å²) in [6.07, 6.45) is -5.21. The molecule has 1 unspecified atom stereocenters. The summed E-state index contributed by atoms with van der Waals surface area (Å²) in [6, 6.07) is 2.30. The fourth-order valence-electron chi connectivity index (χ4n) is 1.18. The minimum atomic E-state index is -5.21. The van der Waals surface area contributed by atoms with Crippen molar-refractivity contribution in [3.63, 3.8) is 0 Å². The van der Waals surface area contributed by atoms with Crippen molar-refractivity contribution in [1.29, 1.82) is 0 Å². The van der Waals surface area contributed by atoms with Crippen molar-refractivity contribution in [2.45, 2.75) is 18.7 Å². The topological polar surface area (TPSA) is 92.5 Å². The van der Waals surface area contributed by atoms with Crippen LogP contribution in [0.25, 0.3) is 0 Å². The molecule has 0 aromatic heterocycles. The number of nitro groups is 1. The lowest BCUT2D eigenvalue weighted by Gasteiger charge is -2.25. The molecule has 0 fully saturated rings. The molecule has 0 radical (unpaired) electrons. The second kappa shape index (κ2) is 5.93. The van der Waals surface area contributed by atoms with Crippen molar-refractivity contribution in [3.05, 3.63) is 30.8 Å². The summed E-state index contributed by atoms with van der Waals surface area (Å²) < 4.78 is 37.7. The smallest absolute Gasteiger partial charge is 0.373 e. The van der Waals surface area contributed by atoms with E-state index in [1.807, 2.05) is 0 Å². The number of carbonyl (C=O) groups is 1. The number of nitrogens with one attached hydrogen (secondary N) is 1. The quantitative estimate of drug-likeness (QED) is 0.431. The summed E-state index contributed by atoms with van der Waals surface area (Å²) in [7, 11) is 0. The minimum absolute atomic E-state index is 0.142. The number of carbonyl (C=O) groups excluding carboxylic acids is 1. The molecule has 0 heterocycles. The zero-order chi connectivity index (χ0) is 16.6. The van der Waals surface area contributed by atoms with Crippen LogP contribution < -0.4 is 5.32 Å². The Morgan fingerprint density at radius 2 is 2.00 bits per heavy atom. The van der Waals surface area contributed by atoms with Crippen LogP contribution in [0.1, 0.15) is 6.92 Å². The van der Waals surface area contributed by atoms with Gasteiger partial charge in [0, 0.05) is 0 Å². The second-order valence-electron chi connectivity index (χ2n) is 4.04. The second-order valence-corrected chi connectivity index (χ2v) is 5.58. The van der Waals surface area contributed by atoms with Gasteiger partial charge in [-0.25, -0.2) is 0 Å². The van der Waals surface area contributed by atoms with E-state index in [2.05, 4.69) is 0 Å². The number of aliphatic hydroxyl groups is 1. The normalized spacial score (nSPS) is 14.4. The number of benzene rings is 1. The van der Waals surface area contributed by atoms with E-state index < -0.39 is 39.0 Å². The molecular formula is C10H7ClF3IN2O4. The molecule has 11 heteroatoms. The zero-order valence-corrected chi connectivity index (χ0v) is 13.1. The molecule has 2 N–H and O–H groups in total. The lowest BCUT2D eigenvalue weighted by atomic mass is 10.1. The van der Waals surface area contributed by atoms with Crippen LogP contribution >= 0.6 is 34.2 Å². The Labute approximate surface area is 134 Å². The van der Waals surface area contributed by atoms with E-state index in [4.69, 9.17) is 11.6 Å². The lowest BCUT2D eigenvalue weighted by molar-refractivity contribution is -0.385. The first kappa shape index (κ1) is 17.9. The number of hydrogen-bond acceptors (Lipinski definition) is 4. The van der Waals surface area contributed by atoms with Crippen molar-refractivity contribution in [2.75, 3.05) is 5.32 Å². The van der Waals surface area contributed by atoms with Crippen LogP contribution in [-0.2, 0) is 4.79 Å². The van der Waals surface area contributed by atoms with E-state index in [0.29, 0.717) is 0 Å². The molecule has 0 aliphatic carbocycles. The molecular weight excluding hydrogens is 431 g/mol. The maximum absolute atomic E-state index is 12.5. The zero-order valence-electron chi connectivity index (χ0n) is 10.2. The van der Waals surface area contributed by atoms with E-state index in [0.717, 1.165) is 6.07 Å². The fraction of sp³-hybridized carbons (Fsp3) is 0.300. The number of hydrogen-bond donors (Lipinski definition) is 2. The van der Waals surface area contributed by atoms with Crippen LogP contribution in [0, 0.1) is 13.7 Å². The van der Waals surface area contributed by atoms with Crippen molar-refractivity contribution in [3.8, 4) is 0 Å². The number of nitrogens with zero attached hydrogens (tertiary/aromatic N) is 1. The van der Waals surface area contributed by atoms with Gasteiger partial charge in [0.25, 0.3) is 5.91 Å². The van der Waals surface area contributed by atoms with Crippen LogP contribution in [0.5, 0.6) is 0 Å². The molecule has 1 atom stereocenters. The number of anilines is 1. The van der Waals surface area contributed by atoms with Gasteiger partial charge in [-0.2, -0.15) is 13.2 Å². The average Bonchev–Trinajstić information content (AvgIpc) is 2.30. The highest BCUT2D eigenvalue weighted by Crippen LogP contribution is 2.37. The molecule has 0 saturated carbocycles. The summed E-state index contributed by atoms with van der Waals surface area (Å²) in [4.78, 5) is 21.5. The molecule has 0 bridgehead atoms. The SMILES string of the molecule is CC(O)(C(=O)Nc1ccc(I)c([N+](=O)[O-])c1Cl)C(F)(F)F. The van der Waals surface area contributed by atoms with E-state index in [1.165, 1.54) is 6.07 Å². The molecule has 1 aromatic rings. The number of alkyl halides is 3. The molecule has 1 rings (SSSR count). The summed E-state index contributed by atoms with van der Waals surface area (Å²) in [5, 5.41) is 21.2. The molecule has 0 saturated heterocycles. The number of halogens is 5. The van der Waals surface area contributed by atoms with Gasteiger partial charge in [0.05, 0.1) is 14.2 Å². The first-order valence-electron chi connectivity index (χ1n) is 5.12. The van der Waals surface area contributed by atoms with Crippen LogP contribution in [-0.4, -0.2) is 27.7 Å². The van der Waals surface area contributed by atoms with Gasteiger partial charge in [-0.15, -0.1) is 0 Å². The third kappa shape index (κ3) is 3.55. The maximum atomic E-state index is 12.5. The highest BCUT2D eigenvalue weighted by molar-refractivity contribution is 14.1. The van der Waals surface area contributed by atoms with Gasteiger partial charge in [0.15, 0.2) is 0 Å². The summed E-state index contributed by atoms with van der Waals surface area (Å²) in [5.41, 5.74) is -4.62. The van der Waals surface area contributed by atoms with E-state index in [9.17, 15) is 33.2 Å². The van der Waals surface area contributed by atoms with E-state index in [1.54, 1.807) is 27.9 Å². The van der Waals surface area contributed by atoms with Gasteiger partial charge in [-0.05, 0) is 41.6 Å². The Balaban J connectivity index is 3.19. The highest BCUT2D eigenvalue weighted by atomic mass is 127. The molecule has 21 heavy (non-hydrogen) atoms. The van der Waals surface area contributed by atoms with Crippen LogP contribution in [0.4, 0.5) is 24.5 Å². The average molecular weight is 439 g/mol. The third-order valence-electron chi connectivity index (χ3n) is 2.49. The van der Waals surface area contributed by atoms with E-state index in [-0.39, 0.29) is 10.5 Å². The molecule has 1 amide bonds. The van der Waals surface area contributed by atoms with Crippen molar-refractivity contribution in [1.82, 2.24) is 0 Å². The molecule has 0 aliphatic heterocycles. The third-order valence-corrected chi connectivity index (χ3v) is 3.74. The number of nitro benzene ring substituents is 1. The summed E-state index contributed by atoms with van der Waals surface area (Å²) in [6.45, 7) is 0.261. The van der Waals surface area contributed by atoms with Gasteiger partial charge in [0.2, 0.25) is 5.60 Å². The first-order valence-corrected chi connectivity index (χ1v) is 6.58. The van der Waals surface area contributed by atoms with Crippen LogP contribution in [0.15, 0.2) is 12.1 Å².